The average Bonchev–Trinajstić information content (AvgIpc) is 3.05. The van der Waals surface area contributed by atoms with E-state index in [0.29, 0.717) is 0 Å². The molecule has 3 atom stereocenters. The van der Waals surface area contributed by atoms with E-state index in [1.165, 1.54) is 0 Å². The topological polar surface area (TPSA) is 57.9 Å². The van der Waals surface area contributed by atoms with Gasteiger partial charge in [-0.3, -0.25) is 0 Å². The van der Waals surface area contributed by atoms with Gasteiger partial charge in [0.05, 0.1) is 17.2 Å². The second-order valence-electron chi connectivity index (χ2n) is 4.01. The first kappa shape index (κ1) is 11.2. The van der Waals surface area contributed by atoms with Crippen LogP contribution in [0.3, 0.4) is 0 Å². The second kappa shape index (κ2) is 3.91. The minimum Gasteiger partial charge on any atom is -0.228 e. The molecule has 0 N–H and O–H groups in total. The molecule has 2 rings (SSSR count). The molecule has 0 bridgehead atoms. The zero-order valence-electron chi connectivity index (χ0n) is 9.00. The number of rotatable bonds is 3. The molecule has 0 radical (unpaired) electrons. The van der Waals surface area contributed by atoms with Gasteiger partial charge in [-0.2, -0.15) is 5.26 Å². The first-order chi connectivity index (χ1) is 7.61. The van der Waals surface area contributed by atoms with E-state index in [9.17, 15) is 8.42 Å². The number of nitriles is 1. The molecule has 3 nitrogen and oxygen atoms in total. The smallest absolute Gasteiger partial charge is 0.154 e. The highest BCUT2D eigenvalue weighted by molar-refractivity contribution is 7.92. The van der Waals surface area contributed by atoms with Crippen molar-refractivity contribution in [3.05, 3.63) is 35.9 Å². The fourth-order valence-electron chi connectivity index (χ4n) is 2.15. The number of sulfone groups is 1. The molecule has 0 spiro atoms. The van der Waals surface area contributed by atoms with Crippen molar-refractivity contribution in [2.24, 2.45) is 5.92 Å². The van der Waals surface area contributed by atoms with Crippen LogP contribution >= 0.6 is 0 Å². The van der Waals surface area contributed by atoms with Gasteiger partial charge < -0.3 is 0 Å². The molecule has 0 heterocycles. The molecule has 1 aliphatic carbocycles. The Morgan fingerprint density at radius 2 is 1.94 bits per heavy atom. The molecular formula is C12H13NO2S. The first-order valence-corrected chi connectivity index (χ1v) is 6.99. The Bertz CT molecular complexity index is 516. The molecule has 1 aliphatic rings. The fourth-order valence-corrected chi connectivity index (χ4v) is 3.89. The third kappa shape index (κ3) is 1.72. The van der Waals surface area contributed by atoms with E-state index in [4.69, 9.17) is 5.26 Å². The summed E-state index contributed by atoms with van der Waals surface area (Å²) >= 11 is 0. The molecule has 16 heavy (non-hydrogen) atoms. The molecule has 0 aliphatic heterocycles. The summed E-state index contributed by atoms with van der Waals surface area (Å²) in [6.07, 6.45) is 0. The normalized spacial score (nSPS) is 28.4. The SMILES string of the molecule is CCS(=O)(=O)[C@H]1[C@H](C#N)[C@@H]1c1ccccc1. The van der Waals surface area contributed by atoms with Crippen LogP contribution in [0.15, 0.2) is 30.3 Å². The van der Waals surface area contributed by atoms with Crippen LogP contribution in [0, 0.1) is 17.2 Å². The van der Waals surface area contributed by atoms with Crippen LogP contribution in [-0.4, -0.2) is 19.4 Å². The van der Waals surface area contributed by atoms with Crippen molar-refractivity contribution in [2.45, 2.75) is 18.1 Å². The standard InChI is InChI=1S/C12H13NO2S/c1-2-16(14,15)12-10(8-13)11(12)9-6-4-3-5-7-9/h3-7,10-12H,2H2,1H3/t10-,11+,12+/m1/s1. The van der Waals surface area contributed by atoms with Crippen LogP contribution in [-0.2, 0) is 9.84 Å². The predicted octanol–water partition coefficient (Wildman–Crippen LogP) is 1.73. The molecule has 1 aromatic carbocycles. The number of hydrogen-bond donors (Lipinski definition) is 0. The summed E-state index contributed by atoms with van der Waals surface area (Å²) in [4.78, 5) is 0. The van der Waals surface area contributed by atoms with E-state index in [-0.39, 0.29) is 17.6 Å². The lowest BCUT2D eigenvalue weighted by Crippen LogP contribution is -2.12. The Balaban J connectivity index is 2.31. The number of hydrogen-bond acceptors (Lipinski definition) is 3. The summed E-state index contributed by atoms with van der Waals surface area (Å²) in [6.45, 7) is 1.63. The Hall–Kier alpha value is -1.34. The monoisotopic (exact) mass is 235 g/mol. The van der Waals surface area contributed by atoms with Crippen molar-refractivity contribution < 1.29 is 8.42 Å². The summed E-state index contributed by atoms with van der Waals surface area (Å²) in [7, 11) is -3.11. The number of nitrogens with zero attached hydrogens (tertiary/aromatic N) is 1. The minimum atomic E-state index is -3.11. The van der Waals surface area contributed by atoms with Crippen molar-refractivity contribution in [3.63, 3.8) is 0 Å². The van der Waals surface area contributed by atoms with Crippen molar-refractivity contribution in [2.75, 3.05) is 5.75 Å². The second-order valence-corrected chi connectivity index (χ2v) is 6.45. The molecule has 0 amide bonds. The Morgan fingerprint density at radius 1 is 1.31 bits per heavy atom. The highest BCUT2D eigenvalue weighted by atomic mass is 32.2. The summed E-state index contributed by atoms with van der Waals surface area (Å²) in [5, 5.41) is 8.46. The lowest BCUT2D eigenvalue weighted by Gasteiger charge is -1.99. The minimum absolute atomic E-state index is 0.110. The van der Waals surface area contributed by atoms with Crippen LogP contribution in [0.4, 0.5) is 0 Å². The summed E-state index contributed by atoms with van der Waals surface area (Å²) < 4.78 is 23.5. The summed E-state index contributed by atoms with van der Waals surface area (Å²) in [5.41, 5.74) is 0.955. The van der Waals surface area contributed by atoms with E-state index < -0.39 is 15.1 Å². The Kier molecular flexibility index (Phi) is 2.73. The number of benzene rings is 1. The van der Waals surface area contributed by atoms with Gasteiger partial charge in [0.15, 0.2) is 9.84 Å². The van der Waals surface area contributed by atoms with Gasteiger partial charge in [-0.1, -0.05) is 37.3 Å². The molecule has 1 fully saturated rings. The third-order valence-corrected chi connectivity index (χ3v) is 5.33. The zero-order chi connectivity index (χ0) is 11.8. The van der Waals surface area contributed by atoms with E-state index in [1.54, 1.807) is 6.92 Å². The van der Waals surface area contributed by atoms with Gasteiger partial charge in [-0.15, -0.1) is 0 Å². The predicted molar refractivity (Wildman–Crippen MR) is 61.5 cm³/mol. The van der Waals surface area contributed by atoms with E-state index in [1.807, 2.05) is 30.3 Å². The van der Waals surface area contributed by atoms with Gasteiger partial charge in [0.25, 0.3) is 0 Å². The van der Waals surface area contributed by atoms with Crippen LogP contribution < -0.4 is 0 Å². The van der Waals surface area contributed by atoms with Crippen molar-refractivity contribution in [1.29, 1.82) is 5.26 Å². The molecule has 0 aromatic heterocycles. The molecule has 1 aromatic rings. The van der Waals surface area contributed by atoms with Crippen molar-refractivity contribution in [1.82, 2.24) is 0 Å². The highest BCUT2D eigenvalue weighted by Crippen LogP contribution is 2.51. The molecular weight excluding hydrogens is 222 g/mol. The maximum absolute atomic E-state index is 11.8. The van der Waals surface area contributed by atoms with Gasteiger partial charge in [-0.05, 0) is 5.56 Å². The lowest BCUT2D eigenvalue weighted by molar-refractivity contribution is 0.594. The van der Waals surface area contributed by atoms with Gasteiger partial charge in [-0.25, -0.2) is 8.42 Å². The van der Waals surface area contributed by atoms with Crippen LogP contribution in [0.25, 0.3) is 0 Å². The van der Waals surface area contributed by atoms with Crippen molar-refractivity contribution in [3.8, 4) is 6.07 Å². The third-order valence-electron chi connectivity index (χ3n) is 3.10. The van der Waals surface area contributed by atoms with Crippen LogP contribution in [0.1, 0.15) is 18.4 Å². The Morgan fingerprint density at radius 3 is 2.44 bits per heavy atom. The van der Waals surface area contributed by atoms with Gasteiger partial charge >= 0.3 is 0 Å². The largest absolute Gasteiger partial charge is 0.228 e. The van der Waals surface area contributed by atoms with Gasteiger partial charge in [0.2, 0.25) is 0 Å². The molecule has 4 heteroatoms. The van der Waals surface area contributed by atoms with E-state index in [0.717, 1.165) is 5.56 Å². The van der Waals surface area contributed by atoms with Crippen LogP contribution in [0.5, 0.6) is 0 Å². The highest BCUT2D eigenvalue weighted by Gasteiger charge is 2.58. The maximum atomic E-state index is 11.8. The zero-order valence-corrected chi connectivity index (χ0v) is 9.81. The van der Waals surface area contributed by atoms with Crippen molar-refractivity contribution >= 4 is 9.84 Å². The quantitative estimate of drug-likeness (QED) is 0.801. The van der Waals surface area contributed by atoms with Gasteiger partial charge in [0.1, 0.15) is 0 Å². The van der Waals surface area contributed by atoms with Crippen LogP contribution in [0.2, 0.25) is 0 Å². The van der Waals surface area contributed by atoms with E-state index >= 15 is 0 Å². The summed E-state index contributed by atoms with van der Waals surface area (Å²) in [6, 6.07) is 11.5. The fraction of sp³-hybridized carbons (Fsp3) is 0.417. The summed E-state index contributed by atoms with van der Waals surface area (Å²) in [5.74, 6) is -0.386. The molecule has 0 unspecified atom stereocenters. The lowest BCUT2D eigenvalue weighted by atomic mass is 10.1. The molecule has 84 valence electrons. The Labute approximate surface area is 95.6 Å². The molecule has 1 saturated carbocycles. The van der Waals surface area contributed by atoms with Gasteiger partial charge in [0, 0.05) is 11.7 Å². The average molecular weight is 235 g/mol. The first-order valence-electron chi connectivity index (χ1n) is 5.28. The van der Waals surface area contributed by atoms with E-state index in [2.05, 4.69) is 6.07 Å². The maximum Gasteiger partial charge on any atom is 0.154 e. The molecule has 0 saturated heterocycles.